The summed E-state index contributed by atoms with van der Waals surface area (Å²) in [5.74, 6) is -0.916. The van der Waals surface area contributed by atoms with Gasteiger partial charge in [-0.05, 0) is 29.8 Å². The van der Waals surface area contributed by atoms with E-state index in [0.29, 0.717) is 44.8 Å². The standard InChI is InChI=1S/C24H16ClN3O3/c1-3-12-8-13(26-11-29)9-16-19-18(28(2)22(12)16)10-15(14-6-4-5-7-17(14)25)20-21(19)24(31)27-23(20)30/h3-11H,1H2,2H3,(H,26,29)(H,27,30,31). The Balaban J connectivity index is 2.02. The minimum Gasteiger partial charge on any atom is -0.343 e. The molecule has 0 saturated heterocycles. The topological polar surface area (TPSA) is 80.2 Å². The summed E-state index contributed by atoms with van der Waals surface area (Å²) in [5.41, 5.74) is 4.83. The van der Waals surface area contributed by atoms with Crippen molar-refractivity contribution in [2.75, 3.05) is 5.32 Å². The number of halogens is 1. The third-order valence-corrected chi connectivity index (χ3v) is 6.03. The average molecular weight is 430 g/mol. The minimum absolute atomic E-state index is 0.298. The largest absolute Gasteiger partial charge is 0.343 e. The van der Waals surface area contributed by atoms with E-state index in [1.807, 2.05) is 41.9 Å². The first kappa shape index (κ1) is 19.1. The summed E-state index contributed by atoms with van der Waals surface area (Å²) >= 11 is 6.44. The molecule has 6 nitrogen and oxygen atoms in total. The van der Waals surface area contributed by atoms with Gasteiger partial charge in [0, 0.05) is 39.7 Å². The van der Waals surface area contributed by atoms with Gasteiger partial charge in [-0.2, -0.15) is 0 Å². The Morgan fingerprint density at radius 3 is 2.52 bits per heavy atom. The number of aryl methyl sites for hydroxylation is 1. The quantitative estimate of drug-likeness (QED) is 0.363. The molecule has 0 fully saturated rings. The molecule has 0 atom stereocenters. The van der Waals surface area contributed by atoms with E-state index in [0.717, 1.165) is 22.0 Å². The molecule has 0 spiro atoms. The number of nitrogens with one attached hydrogen (secondary N) is 2. The van der Waals surface area contributed by atoms with Crippen LogP contribution in [0.5, 0.6) is 0 Å². The van der Waals surface area contributed by atoms with Crippen molar-refractivity contribution in [2.45, 2.75) is 0 Å². The van der Waals surface area contributed by atoms with E-state index in [4.69, 9.17) is 11.6 Å². The second kappa shape index (κ2) is 6.82. The fraction of sp³-hybridized carbons (Fsp3) is 0.0417. The van der Waals surface area contributed by atoms with Gasteiger partial charge < -0.3 is 9.88 Å². The molecule has 31 heavy (non-hydrogen) atoms. The second-order valence-corrected chi connectivity index (χ2v) is 7.73. The Labute approximate surface area is 182 Å². The first-order valence-corrected chi connectivity index (χ1v) is 9.90. The van der Waals surface area contributed by atoms with Crippen molar-refractivity contribution in [3.8, 4) is 11.1 Å². The molecule has 0 saturated carbocycles. The summed E-state index contributed by atoms with van der Waals surface area (Å²) in [6, 6.07) is 12.7. The highest BCUT2D eigenvalue weighted by Crippen LogP contribution is 2.43. The highest BCUT2D eigenvalue weighted by atomic mass is 35.5. The Bertz CT molecular complexity index is 1480. The van der Waals surface area contributed by atoms with Crippen molar-refractivity contribution >= 4 is 63.4 Å². The van der Waals surface area contributed by atoms with Crippen molar-refractivity contribution in [2.24, 2.45) is 7.05 Å². The number of hydrogen-bond donors (Lipinski definition) is 2. The predicted molar refractivity (Wildman–Crippen MR) is 122 cm³/mol. The van der Waals surface area contributed by atoms with E-state index >= 15 is 0 Å². The number of carbonyl (C=O) groups is 3. The van der Waals surface area contributed by atoms with Gasteiger partial charge in [-0.25, -0.2) is 0 Å². The first-order chi connectivity index (χ1) is 15.0. The molecule has 7 heteroatoms. The Morgan fingerprint density at radius 2 is 1.81 bits per heavy atom. The number of nitrogens with zero attached hydrogens (tertiary/aromatic N) is 1. The molecule has 2 N–H and O–H groups in total. The van der Waals surface area contributed by atoms with Gasteiger partial charge in [0.25, 0.3) is 11.8 Å². The molecule has 0 bridgehead atoms. The van der Waals surface area contributed by atoms with Crippen molar-refractivity contribution in [3.63, 3.8) is 0 Å². The molecule has 2 heterocycles. The van der Waals surface area contributed by atoms with Crippen molar-refractivity contribution in [3.05, 3.63) is 70.8 Å². The van der Waals surface area contributed by atoms with Gasteiger partial charge in [0.2, 0.25) is 6.41 Å². The maximum atomic E-state index is 12.9. The smallest absolute Gasteiger partial charge is 0.259 e. The molecule has 152 valence electrons. The van der Waals surface area contributed by atoms with Crippen LogP contribution < -0.4 is 10.6 Å². The van der Waals surface area contributed by atoms with E-state index in [-0.39, 0.29) is 0 Å². The molecule has 0 radical (unpaired) electrons. The van der Waals surface area contributed by atoms with E-state index < -0.39 is 11.8 Å². The SMILES string of the molecule is C=Cc1cc(NC=O)cc2c3c4c(c(-c5ccccc5Cl)cc3n(C)c12)C(=O)NC4=O. The molecule has 0 aliphatic carbocycles. The van der Waals surface area contributed by atoms with E-state index in [9.17, 15) is 14.4 Å². The lowest BCUT2D eigenvalue weighted by atomic mass is 9.92. The number of amides is 3. The molecule has 5 rings (SSSR count). The third-order valence-electron chi connectivity index (χ3n) is 5.70. The summed E-state index contributed by atoms with van der Waals surface area (Å²) in [4.78, 5) is 36.7. The lowest BCUT2D eigenvalue weighted by molar-refractivity contribution is -0.105. The van der Waals surface area contributed by atoms with Crippen LogP contribution >= 0.6 is 11.6 Å². The van der Waals surface area contributed by atoms with Crippen LogP contribution in [0.3, 0.4) is 0 Å². The molecule has 3 aromatic carbocycles. The second-order valence-electron chi connectivity index (χ2n) is 7.32. The number of benzene rings is 3. The van der Waals surface area contributed by atoms with Crippen LogP contribution in [0.25, 0.3) is 39.0 Å². The van der Waals surface area contributed by atoms with Gasteiger partial charge in [-0.1, -0.05) is 42.5 Å². The number of carbonyl (C=O) groups excluding carboxylic acids is 3. The molecule has 1 aliphatic rings. The molecule has 0 unspecified atom stereocenters. The zero-order valence-electron chi connectivity index (χ0n) is 16.5. The molecular formula is C24H16ClN3O3. The number of rotatable bonds is 4. The lowest BCUT2D eigenvalue weighted by Gasteiger charge is -2.10. The third kappa shape index (κ3) is 2.62. The van der Waals surface area contributed by atoms with Crippen LogP contribution in [-0.2, 0) is 11.8 Å². The molecule has 1 aromatic heterocycles. The van der Waals surface area contributed by atoms with Crippen molar-refractivity contribution in [1.82, 2.24) is 9.88 Å². The van der Waals surface area contributed by atoms with E-state index in [1.54, 1.807) is 18.2 Å². The van der Waals surface area contributed by atoms with Crippen LogP contribution in [0.4, 0.5) is 5.69 Å². The van der Waals surface area contributed by atoms with Crippen LogP contribution in [0.15, 0.2) is 49.0 Å². The first-order valence-electron chi connectivity index (χ1n) is 9.52. The number of hydrogen-bond acceptors (Lipinski definition) is 3. The Kier molecular flexibility index (Phi) is 4.20. The summed E-state index contributed by atoms with van der Waals surface area (Å²) in [6.45, 7) is 3.89. The van der Waals surface area contributed by atoms with Gasteiger partial charge in [-0.3, -0.25) is 19.7 Å². The lowest BCUT2D eigenvalue weighted by Crippen LogP contribution is -2.20. The van der Waals surface area contributed by atoms with Gasteiger partial charge in [0.15, 0.2) is 0 Å². The summed E-state index contributed by atoms with van der Waals surface area (Å²) in [5, 5.41) is 6.95. The fourth-order valence-electron chi connectivity index (χ4n) is 4.44. The van der Waals surface area contributed by atoms with Gasteiger partial charge in [0.05, 0.1) is 22.2 Å². The monoisotopic (exact) mass is 429 g/mol. The van der Waals surface area contributed by atoms with E-state index in [1.165, 1.54) is 0 Å². The van der Waals surface area contributed by atoms with Crippen LogP contribution in [0, 0.1) is 0 Å². The maximum absolute atomic E-state index is 12.9. The number of anilines is 1. The highest BCUT2D eigenvalue weighted by molar-refractivity contribution is 6.36. The molecule has 3 amide bonds. The summed E-state index contributed by atoms with van der Waals surface area (Å²) < 4.78 is 1.96. The summed E-state index contributed by atoms with van der Waals surface area (Å²) in [7, 11) is 1.89. The minimum atomic E-state index is -0.458. The number of fused-ring (bicyclic) bond motifs is 5. The van der Waals surface area contributed by atoms with Crippen LogP contribution in [-0.4, -0.2) is 22.8 Å². The zero-order valence-corrected chi connectivity index (χ0v) is 17.2. The number of imide groups is 1. The maximum Gasteiger partial charge on any atom is 0.259 e. The van der Waals surface area contributed by atoms with E-state index in [2.05, 4.69) is 17.2 Å². The van der Waals surface area contributed by atoms with Crippen LogP contribution in [0.1, 0.15) is 26.3 Å². The average Bonchev–Trinajstić information content (AvgIpc) is 3.21. The summed E-state index contributed by atoms with van der Waals surface area (Å²) in [6.07, 6.45) is 2.28. The highest BCUT2D eigenvalue weighted by Gasteiger charge is 2.34. The molecule has 1 aliphatic heterocycles. The van der Waals surface area contributed by atoms with Crippen LogP contribution in [0.2, 0.25) is 5.02 Å². The fourth-order valence-corrected chi connectivity index (χ4v) is 4.68. The Morgan fingerprint density at radius 1 is 1.06 bits per heavy atom. The number of aromatic nitrogens is 1. The van der Waals surface area contributed by atoms with Gasteiger partial charge in [-0.15, -0.1) is 0 Å². The molecule has 4 aromatic rings. The normalized spacial score (nSPS) is 12.8. The van der Waals surface area contributed by atoms with Gasteiger partial charge >= 0.3 is 0 Å². The Hall–Kier alpha value is -3.90. The predicted octanol–water partition coefficient (Wildman–Crippen LogP) is 4.75. The van der Waals surface area contributed by atoms with Gasteiger partial charge in [0.1, 0.15) is 0 Å². The van der Waals surface area contributed by atoms with Crippen molar-refractivity contribution in [1.29, 1.82) is 0 Å². The van der Waals surface area contributed by atoms with Crippen molar-refractivity contribution < 1.29 is 14.4 Å². The zero-order chi connectivity index (χ0) is 21.9. The molecular weight excluding hydrogens is 414 g/mol.